The normalized spacial score (nSPS) is 12.3. The fourth-order valence-corrected chi connectivity index (χ4v) is 16.2. The van der Waals surface area contributed by atoms with Gasteiger partial charge in [0.25, 0.3) is 0 Å². The Morgan fingerprint density at radius 1 is 0.183 bits per heavy atom. The predicted molar refractivity (Wildman–Crippen MR) is 417 cm³/mol. The smallest absolute Gasteiger partial charge is 0.139 e. The maximum Gasteiger partial charge on any atom is 0.139 e. The topological polar surface area (TPSA) is 26.3 Å². The van der Waals surface area contributed by atoms with E-state index < -0.39 is 0 Å². The van der Waals surface area contributed by atoms with Crippen molar-refractivity contribution in [2.45, 2.75) is 0 Å². The maximum atomic E-state index is 6.66. The van der Waals surface area contributed by atoms with Crippen LogP contribution in [0, 0.1) is 0 Å². The highest BCUT2D eigenvalue weighted by atomic mass is 16.3. The molecule has 366 valence electrons. The number of benzene rings is 13. The summed E-state index contributed by atoms with van der Waals surface area (Å²) in [6, 6.07) is 36.3. The van der Waals surface area contributed by atoms with E-state index in [1.54, 1.807) is 0 Å². The molecule has 0 N–H and O–H groups in total. The first-order chi connectivity index (χ1) is 39.2. The second-order valence-electron chi connectivity index (χ2n) is 25.1. The van der Waals surface area contributed by atoms with Gasteiger partial charge in [0.05, 0.1) is 0 Å². The van der Waals surface area contributed by atoms with E-state index in [9.17, 15) is 0 Å². The van der Waals surface area contributed by atoms with Gasteiger partial charge in [-0.15, -0.1) is 10.9 Å². The Bertz CT molecular complexity index is 5120. The monoisotopic (exact) mass is 1030 g/mol. The van der Waals surface area contributed by atoms with Gasteiger partial charge < -0.3 is 8.83 Å². The van der Waals surface area contributed by atoms with Crippen LogP contribution in [0.3, 0.4) is 0 Å². The van der Waals surface area contributed by atoms with Crippen molar-refractivity contribution in [2.75, 3.05) is 0 Å². The summed E-state index contributed by atoms with van der Waals surface area (Å²) >= 11 is 0. The highest BCUT2D eigenvalue weighted by Crippen LogP contribution is 2.41. The summed E-state index contributed by atoms with van der Waals surface area (Å²) in [4.78, 5) is 0. The molecule has 0 aliphatic carbocycles. The van der Waals surface area contributed by atoms with Gasteiger partial charge in [-0.2, -0.15) is 0 Å². The average molecular weight is 1020 g/mol. The van der Waals surface area contributed by atoms with Crippen LogP contribution in [0.2, 0.25) is 0 Å². The summed E-state index contributed by atoms with van der Waals surface area (Å²) in [5.74, 6) is 0. The van der Waals surface area contributed by atoms with Crippen LogP contribution >= 0.6 is 0 Å². The van der Waals surface area contributed by atoms with E-state index in [0.717, 1.165) is 66.1 Å². The van der Waals surface area contributed by atoms with Gasteiger partial charge in [0.2, 0.25) is 0 Å². The predicted octanol–water partition coefficient (Wildman–Crippen LogP) is -13.4. The lowest BCUT2D eigenvalue weighted by atomic mass is 9.58. The molecule has 0 bridgehead atoms. The van der Waals surface area contributed by atoms with Gasteiger partial charge in [-0.3, -0.25) is 0 Å². The third kappa shape index (κ3) is 6.56. The van der Waals surface area contributed by atoms with Crippen molar-refractivity contribution in [2.24, 2.45) is 0 Å². The molecule has 82 heavy (non-hydrogen) atoms. The van der Waals surface area contributed by atoms with E-state index in [-0.39, 0.29) is 0 Å². The van der Waals surface area contributed by atoms with E-state index in [1.165, 1.54) is 185 Å². The molecule has 2 heterocycles. The minimum atomic E-state index is 0.898. The average Bonchev–Trinajstić information content (AvgIpc) is 1.42. The van der Waals surface area contributed by atoms with E-state index in [0.29, 0.717) is 0 Å². The molecule has 2 aromatic heterocycles. The van der Waals surface area contributed by atoms with Crippen LogP contribution in [-0.2, 0) is 0 Å². The summed E-state index contributed by atoms with van der Waals surface area (Å²) in [5, 5.41) is 21.6. The highest BCUT2D eigenvalue weighted by Gasteiger charge is 2.28. The first-order valence-electron chi connectivity index (χ1n) is 29.6. The third-order valence-corrected chi connectivity index (χ3v) is 21.7. The molecule has 0 saturated carbocycles. The number of rotatable bonds is 4. The molecule has 0 fully saturated rings. The molecule has 15 aromatic rings. The SMILES string of the molecule is Bc1c(B)c2c(B)c(B)c3c(B)c(B)c(-c4ccc5oc6ccc(-c7cccc(-c8ccc9oc%10ccc(-c%11c(B)c(B)c%12c(B)c(B)c%13c(B)c(B)c(B)c%14c(B)c(B)c%11c%12c%13%14)cc%10c9c8)c7)cc6c5c4)c4c(B)c(B)c(c1B)c2c34. The van der Waals surface area contributed by atoms with Crippen molar-refractivity contribution in [3.63, 3.8) is 0 Å². The molecule has 0 atom stereocenters. The van der Waals surface area contributed by atoms with Gasteiger partial charge >= 0.3 is 0 Å². The highest BCUT2D eigenvalue weighted by molar-refractivity contribution is 6.77. The molecule has 0 radical (unpaired) electrons. The molecule has 0 unspecified atom stereocenters. The van der Waals surface area contributed by atoms with Crippen molar-refractivity contribution < 1.29 is 8.83 Å². The standard InChI is InChI=1S/C62H52B18O2/c63-45-31(37-33-35-41(51(69)47(37)65)57(75)61(79)59(77)43(35)55(73)53(71)39(33)49(45)67)21-6-10-29-25(15-21)23-13-19(4-8-27(23)81-29)17-2-1-3-18(12-17)20-5-9-28-24(14-20)26-16-22(7-11-30(26)82-28)32-38-34-36-42(52(70)48(38)66)58(76)62(80)60(78)44(36)56(74)54(72)40(34)50(68)46(32)64/h1-16H,63-80H2. The Kier molecular flexibility index (Phi) is 11.1. The van der Waals surface area contributed by atoms with Crippen molar-refractivity contribution in [1.82, 2.24) is 0 Å². The molecule has 0 saturated heterocycles. The Morgan fingerprint density at radius 2 is 0.402 bits per heavy atom. The summed E-state index contributed by atoms with van der Waals surface area (Å²) in [7, 11) is 42.2. The van der Waals surface area contributed by atoms with Gasteiger partial charge in [-0.05, 0) is 164 Å². The molecular formula is C62H52B18O2. The van der Waals surface area contributed by atoms with Crippen molar-refractivity contribution >= 4 is 348 Å². The zero-order chi connectivity index (χ0) is 57.3. The van der Waals surface area contributed by atoms with Crippen LogP contribution in [0.15, 0.2) is 106 Å². The molecule has 20 heteroatoms. The number of hydrogen-bond donors (Lipinski definition) is 0. The van der Waals surface area contributed by atoms with Gasteiger partial charge in [0.15, 0.2) is 0 Å². The van der Waals surface area contributed by atoms with Crippen LogP contribution in [0.1, 0.15) is 0 Å². The van der Waals surface area contributed by atoms with Crippen molar-refractivity contribution in [3.8, 4) is 44.5 Å². The lowest BCUT2D eigenvalue weighted by Gasteiger charge is -2.29. The molecule has 13 aromatic carbocycles. The Labute approximate surface area is 495 Å². The largest absolute Gasteiger partial charge is 0.456 e. The van der Waals surface area contributed by atoms with Gasteiger partial charge in [-0.1, -0.05) is 130 Å². The fraction of sp³-hybridized carbons (Fsp3) is 0. The van der Waals surface area contributed by atoms with Crippen molar-refractivity contribution in [1.29, 1.82) is 0 Å². The minimum Gasteiger partial charge on any atom is -0.456 e. The van der Waals surface area contributed by atoms with Crippen LogP contribution in [-0.4, -0.2) is 141 Å². The lowest BCUT2D eigenvalue weighted by Crippen LogP contribution is -2.48. The van der Waals surface area contributed by atoms with Gasteiger partial charge in [0, 0.05) is 21.5 Å². The van der Waals surface area contributed by atoms with Crippen LogP contribution in [0.25, 0.3) is 153 Å². The van der Waals surface area contributed by atoms with E-state index in [4.69, 9.17) is 8.83 Å². The molecule has 0 aliphatic heterocycles. The summed E-state index contributed by atoms with van der Waals surface area (Å²) in [6.07, 6.45) is 0. The first kappa shape index (κ1) is 51.6. The molecule has 15 rings (SSSR count). The van der Waals surface area contributed by atoms with Crippen LogP contribution in [0.5, 0.6) is 0 Å². The summed E-state index contributed by atoms with van der Waals surface area (Å²) in [5.41, 5.74) is 38.4. The van der Waals surface area contributed by atoms with Gasteiger partial charge in [-0.25, -0.2) is 0 Å². The Balaban J connectivity index is 0.856. The van der Waals surface area contributed by atoms with Crippen LogP contribution < -0.4 is 98.3 Å². The first-order valence-corrected chi connectivity index (χ1v) is 29.6. The van der Waals surface area contributed by atoms with Gasteiger partial charge in [0.1, 0.15) is 164 Å². The molecule has 0 amide bonds. The van der Waals surface area contributed by atoms with E-state index in [2.05, 4.69) is 238 Å². The van der Waals surface area contributed by atoms with E-state index in [1.807, 2.05) is 0 Å². The number of furan rings is 2. The zero-order valence-corrected chi connectivity index (χ0v) is 51.1. The van der Waals surface area contributed by atoms with E-state index >= 15 is 0 Å². The maximum absolute atomic E-state index is 6.66. The molecule has 0 aliphatic rings. The Hall–Kier alpha value is -7.29. The zero-order valence-electron chi connectivity index (χ0n) is 51.1. The number of fused-ring (bicyclic) bond motifs is 6. The summed E-state index contributed by atoms with van der Waals surface area (Å²) < 4.78 is 13.3. The second kappa shape index (κ2) is 17.6. The quantitative estimate of drug-likeness (QED) is 0.130. The molecular weight excluding hydrogens is 971 g/mol. The Morgan fingerprint density at radius 3 is 0.707 bits per heavy atom. The summed E-state index contributed by atoms with van der Waals surface area (Å²) in [6.45, 7) is 0. The number of hydrogen-bond acceptors (Lipinski definition) is 2. The lowest BCUT2D eigenvalue weighted by molar-refractivity contribution is 0.668. The fourth-order valence-electron chi connectivity index (χ4n) is 16.2. The second-order valence-corrected chi connectivity index (χ2v) is 25.1. The third-order valence-electron chi connectivity index (χ3n) is 21.7. The van der Waals surface area contributed by atoms with Crippen molar-refractivity contribution in [3.05, 3.63) is 97.1 Å². The minimum absolute atomic E-state index is 0.898. The molecule has 0 spiro atoms. The molecule has 2 nitrogen and oxygen atoms in total. The van der Waals surface area contributed by atoms with Crippen LogP contribution in [0.4, 0.5) is 0 Å².